The van der Waals surface area contributed by atoms with Crippen molar-refractivity contribution < 1.29 is 4.79 Å². The van der Waals surface area contributed by atoms with Gasteiger partial charge in [0.25, 0.3) is 0 Å². The van der Waals surface area contributed by atoms with Gasteiger partial charge in [-0.25, -0.2) is 4.98 Å². The van der Waals surface area contributed by atoms with E-state index in [-0.39, 0.29) is 5.82 Å². The summed E-state index contributed by atoms with van der Waals surface area (Å²) in [7, 11) is 0. The summed E-state index contributed by atoms with van der Waals surface area (Å²) in [5, 5.41) is 0.666. The number of hydrogen-bond acceptors (Lipinski definition) is 4. The molecular weight excluding hydrogens is 150 g/mol. The molecule has 5 heteroatoms. The van der Waals surface area contributed by atoms with E-state index < -0.39 is 0 Å². The summed E-state index contributed by atoms with van der Waals surface area (Å²) >= 11 is 1.41. The molecule has 0 aliphatic carbocycles. The quantitative estimate of drug-likeness (QED) is 0.485. The summed E-state index contributed by atoms with van der Waals surface area (Å²) < 4.78 is 0. The van der Waals surface area contributed by atoms with Crippen LogP contribution >= 0.6 is 11.8 Å². The van der Waals surface area contributed by atoms with Crippen LogP contribution in [0.3, 0.4) is 0 Å². The van der Waals surface area contributed by atoms with Gasteiger partial charge in [0.1, 0.15) is 5.69 Å². The largest absolute Gasteiger partial charge is 0.382 e. The van der Waals surface area contributed by atoms with E-state index >= 15 is 0 Å². The molecule has 0 bridgehead atoms. The van der Waals surface area contributed by atoms with Gasteiger partial charge in [0, 0.05) is 0 Å². The zero-order valence-electron chi connectivity index (χ0n) is 5.42. The SMILES string of the molecule is CSc1nc(N)c(C=O)[nH]1. The van der Waals surface area contributed by atoms with Crippen LogP contribution in [0.15, 0.2) is 5.16 Å². The Morgan fingerprint density at radius 1 is 1.80 bits per heavy atom. The zero-order valence-corrected chi connectivity index (χ0v) is 6.23. The summed E-state index contributed by atoms with van der Waals surface area (Å²) in [5.74, 6) is 0.263. The number of carbonyl (C=O) groups excluding carboxylic acids is 1. The number of anilines is 1. The molecule has 0 atom stereocenters. The lowest BCUT2D eigenvalue weighted by molar-refractivity contribution is 0.112. The number of nitrogen functional groups attached to an aromatic ring is 1. The number of aromatic amines is 1. The number of hydrogen-bond donors (Lipinski definition) is 2. The van der Waals surface area contributed by atoms with Crippen LogP contribution in [0.5, 0.6) is 0 Å². The predicted octanol–water partition coefficient (Wildman–Crippen LogP) is 0.526. The fraction of sp³-hybridized carbons (Fsp3) is 0.200. The molecular formula is C5H7N3OS. The van der Waals surface area contributed by atoms with E-state index in [0.29, 0.717) is 17.1 Å². The lowest BCUT2D eigenvalue weighted by atomic mass is 10.5. The van der Waals surface area contributed by atoms with Crippen molar-refractivity contribution in [1.82, 2.24) is 9.97 Å². The van der Waals surface area contributed by atoms with Crippen molar-refractivity contribution in [1.29, 1.82) is 0 Å². The minimum absolute atomic E-state index is 0.263. The highest BCUT2D eigenvalue weighted by Crippen LogP contribution is 2.13. The van der Waals surface area contributed by atoms with Crippen LogP contribution in [0.25, 0.3) is 0 Å². The zero-order chi connectivity index (χ0) is 7.56. The average molecular weight is 157 g/mol. The van der Waals surface area contributed by atoms with Gasteiger partial charge in [-0.1, -0.05) is 11.8 Å². The number of H-pyrrole nitrogens is 1. The first-order valence-electron chi connectivity index (χ1n) is 2.62. The molecule has 0 unspecified atom stereocenters. The third-order valence-corrected chi connectivity index (χ3v) is 1.63. The molecule has 3 N–H and O–H groups in total. The maximum absolute atomic E-state index is 10.2. The second-order valence-electron chi connectivity index (χ2n) is 1.66. The molecule has 0 aliphatic heterocycles. The van der Waals surface area contributed by atoms with Crippen molar-refractivity contribution in [2.75, 3.05) is 12.0 Å². The van der Waals surface area contributed by atoms with Crippen molar-refractivity contribution >= 4 is 23.9 Å². The average Bonchev–Trinajstić information content (AvgIpc) is 2.30. The molecule has 0 saturated heterocycles. The van der Waals surface area contributed by atoms with E-state index in [1.165, 1.54) is 11.8 Å². The van der Waals surface area contributed by atoms with Crippen LogP contribution < -0.4 is 5.73 Å². The van der Waals surface area contributed by atoms with Gasteiger partial charge < -0.3 is 10.7 Å². The van der Waals surface area contributed by atoms with Crippen LogP contribution in [0, 0.1) is 0 Å². The van der Waals surface area contributed by atoms with Crippen LogP contribution in [-0.4, -0.2) is 22.5 Å². The fourth-order valence-electron chi connectivity index (χ4n) is 0.563. The maximum Gasteiger partial charge on any atom is 0.170 e. The van der Waals surface area contributed by atoms with Gasteiger partial charge in [0.2, 0.25) is 0 Å². The lowest BCUT2D eigenvalue weighted by Crippen LogP contribution is -1.89. The number of carbonyl (C=O) groups is 1. The van der Waals surface area contributed by atoms with Gasteiger partial charge in [0.15, 0.2) is 17.3 Å². The van der Waals surface area contributed by atoms with Crippen molar-refractivity contribution in [3.8, 4) is 0 Å². The Labute approximate surface area is 62.2 Å². The molecule has 0 amide bonds. The summed E-state index contributed by atoms with van der Waals surface area (Å²) in [6.07, 6.45) is 2.51. The Hall–Kier alpha value is -0.970. The summed E-state index contributed by atoms with van der Waals surface area (Å²) in [4.78, 5) is 16.8. The molecule has 4 nitrogen and oxygen atoms in total. The first-order valence-corrected chi connectivity index (χ1v) is 3.85. The number of nitrogens with one attached hydrogen (secondary N) is 1. The maximum atomic E-state index is 10.2. The Bertz CT molecular complexity index is 245. The van der Waals surface area contributed by atoms with Gasteiger partial charge in [-0.05, 0) is 6.26 Å². The van der Waals surface area contributed by atoms with Gasteiger partial charge in [-0.3, -0.25) is 4.79 Å². The minimum atomic E-state index is 0.263. The van der Waals surface area contributed by atoms with Gasteiger partial charge >= 0.3 is 0 Å². The Kier molecular flexibility index (Phi) is 1.96. The Morgan fingerprint density at radius 2 is 2.50 bits per heavy atom. The van der Waals surface area contributed by atoms with E-state index in [2.05, 4.69) is 9.97 Å². The molecule has 1 rings (SSSR count). The van der Waals surface area contributed by atoms with Gasteiger partial charge in [-0.15, -0.1) is 0 Å². The first kappa shape index (κ1) is 7.14. The second-order valence-corrected chi connectivity index (χ2v) is 2.46. The van der Waals surface area contributed by atoms with Crippen molar-refractivity contribution in [3.05, 3.63) is 5.69 Å². The van der Waals surface area contributed by atoms with Gasteiger partial charge in [0.05, 0.1) is 0 Å². The van der Waals surface area contributed by atoms with Crippen molar-refractivity contribution in [2.45, 2.75) is 5.16 Å². The first-order chi connectivity index (χ1) is 4.77. The van der Waals surface area contributed by atoms with Crippen molar-refractivity contribution in [2.24, 2.45) is 0 Å². The molecule has 0 saturated carbocycles. The van der Waals surface area contributed by atoms with E-state index in [4.69, 9.17) is 5.73 Å². The topological polar surface area (TPSA) is 71.8 Å². The molecule has 1 heterocycles. The van der Waals surface area contributed by atoms with Crippen LogP contribution in [0.1, 0.15) is 10.5 Å². The number of aromatic nitrogens is 2. The van der Waals surface area contributed by atoms with Crippen molar-refractivity contribution in [3.63, 3.8) is 0 Å². The number of nitrogens with two attached hydrogens (primary N) is 1. The number of nitrogens with zero attached hydrogens (tertiary/aromatic N) is 1. The predicted molar refractivity (Wildman–Crippen MR) is 40.2 cm³/mol. The lowest BCUT2D eigenvalue weighted by Gasteiger charge is -1.80. The number of aldehydes is 1. The Morgan fingerprint density at radius 3 is 2.80 bits per heavy atom. The number of imidazole rings is 1. The van der Waals surface area contributed by atoms with Crippen LogP contribution in [-0.2, 0) is 0 Å². The highest BCUT2D eigenvalue weighted by molar-refractivity contribution is 7.98. The summed E-state index contributed by atoms with van der Waals surface area (Å²) in [5.41, 5.74) is 5.69. The normalized spacial score (nSPS) is 9.70. The molecule has 10 heavy (non-hydrogen) atoms. The minimum Gasteiger partial charge on any atom is -0.382 e. The summed E-state index contributed by atoms with van der Waals surface area (Å²) in [6.45, 7) is 0. The Balaban J connectivity index is 3.03. The van der Waals surface area contributed by atoms with E-state index in [0.717, 1.165) is 0 Å². The number of rotatable bonds is 2. The molecule has 0 fully saturated rings. The summed E-state index contributed by atoms with van der Waals surface area (Å²) in [6, 6.07) is 0. The second kappa shape index (κ2) is 2.74. The van der Waals surface area contributed by atoms with E-state index in [9.17, 15) is 4.79 Å². The molecule has 1 aromatic heterocycles. The molecule has 0 spiro atoms. The molecule has 54 valence electrons. The molecule has 1 aromatic rings. The third-order valence-electron chi connectivity index (χ3n) is 1.05. The smallest absolute Gasteiger partial charge is 0.170 e. The fourth-order valence-corrected chi connectivity index (χ4v) is 0.965. The standard InChI is InChI=1S/C5H7N3OS/c1-10-5-7-3(2-9)4(6)8-5/h2H,6H2,1H3,(H,7,8). The molecule has 0 aromatic carbocycles. The third kappa shape index (κ3) is 1.13. The van der Waals surface area contributed by atoms with Gasteiger partial charge in [-0.2, -0.15) is 0 Å². The number of thioether (sulfide) groups is 1. The van der Waals surface area contributed by atoms with E-state index in [1.54, 1.807) is 0 Å². The monoisotopic (exact) mass is 157 g/mol. The highest BCUT2D eigenvalue weighted by atomic mass is 32.2. The van der Waals surface area contributed by atoms with Crippen LogP contribution in [0.4, 0.5) is 5.82 Å². The molecule has 0 aliphatic rings. The van der Waals surface area contributed by atoms with Crippen LogP contribution in [0.2, 0.25) is 0 Å². The molecule has 0 radical (unpaired) electrons. The highest BCUT2D eigenvalue weighted by Gasteiger charge is 2.03. The van der Waals surface area contributed by atoms with E-state index in [1.807, 2.05) is 6.26 Å².